The van der Waals surface area contributed by atoms with E-state index in [-0.39, 0.29) is 11.8 Å². The SMILES string of the molecule is CC(C)[C@]1(O)C=C2[C@@](C)(O)CC[C@]2(O)[C@H](C)CC1. The third-order valence-electron chi connectivity index (χ3n) is 5.23. The molecule has 1 saturated carbocycles. The first-order valence-electron chi connectivity index (χ1n) is 7.03. The molecule has 0 aromatic carbocycles. The van der Waals surface area contributed by atoms with Crippen molar-refractivity contribution in [3.8, 4) is 0 Å². The van der Waals surface area contributed by atoms with Crippen LogP contribution in [0.25, 0.3) is 0 Å². The molecule has 0 unspecified atom stereocenters. The van der Waals surface area contributed by atoms with Crippen LogP contribution in [0.4, 0.5) is 0 Å². The van der Waals surface area contributed by atoms with E-state index in [1.807, 2.05) is 20.8 Å². The Bertz CT molecular complexity index is 372. The Balaban J connectivity index is 2.53. The molecule has 3 heteroatoms. The number of hydrogen-bond acceptors (Lipinski definition) is 3. The first-order chi connectivity index (χ1) is 8.12. The Morgan fingerprint density at radius 3 is 2.33 bits per heavy atom. The number of hydrogen-bond donors (Lipinski definition) is 3. The third kappa shape index (κ3) is 1.93. The van der Waals surface area contributed by atoms with Crippen molar-refractivity contribution in [2.24, 2.45) is 11.8 Å². The summed E-state index contributed by atoms with van der Waals surface area (Å²) in [5.74, 6) is 0.154. The maximum Gasteiger partial charge on any atom is 0.0911 e. The molecule has 2 rings (SSSR count). The van der Waals surface area contributed by atoms with E-state index >= 15 is 0 Å². The second kappa shape index (κ2) is 4.06. The van der Waals surface area contributed by atoms with Gasteiger partial charge in [-0.1, -0.05) is 20.8 Å². The predicted molar refractivity (Wildman–Crippen MR) is 71.1 cm³/mol. The summed E-state index contributed by atoms with van der Waals surface area (Å²) < 4.78 is 0. The minimum atomic E-state index is -0.990. The van der Waals surface area contributed by atoms with Crippen LogP contribution in [0.2, 0.25) is 0 Å². The molecular weight excluding hydrogens is 228 g/mol. The number of aliphatic hydroxyl groups is 3. The molecule has 104 valence electrons. The first-order valence-corrected chi connectivity index (χ1v) is 7.03. The summed E-state index contributed by atoms with van der Waals surface area (Å²) >= 11 is 0. The van der Waals surface area contributed by atoms with Crippen molar-refractivity contribution >= 4 is 0 Å². The summed E-state index contributed by atoms with van der Waals surface area (Å²) in [5, 5.41) is 32.1. The maximum absolute atomic E-state index is 10.9. The van der Waals surface area contributed by atoms with Crippen LogP contribution in [0.5, 0.6) is 0 Å². The highest BCUT2D eigenvalue weighted by Crippen LogP contribution is 2.51. The molecule has 0 bridgehead atoms. The molecule has 0 saturated heterocycles. The van der Waals surface area contributed by atoms with E-state index in [0.29, 0.717) is 24.8 Å². The smallest absolute Gasteiger partial charge is 0.0911 e. The fourth-order valence-electron chi connectivity index (χ4n) is 3.43. The summed E-state index contributed by atoms with van der Waals surface area (Å²) in [5.41, 5.74) is -2.21. The van der Waals surface area contributed by atoms with E-state index in [4.69, 9.17) is 0 Å². The zero-order valence-electron chi connectivity index (χ0n) is 11.9. The predicted octanol–water partition coefficient (Wildman–Crippen LogP) is 2.01. The van der Waals surface area contributed by atoms with E-state index in [0.717, 1.165) is 6.42 Å². The molecule has 1 fully saturated rings. The Morgan fingerprint density at radius 2 is 1.78 bits per heavy atom. The zero-order chi connectivity index (χ0) is 13.8. The molecule has 0 aromatic heterocycles. The molecule has 0 radical (unpaired) electrons. The second-order valence-electron chi connectivity index (χ2n) is 6.84. The van der Waals surface area contributed by atoms with Gasteiger partial charge < -0.3 is 15.3 Å². The van der Waals surface area contributed by atoms with Crippen molar-refractivity contribution in [1.29, 1.82) is 0 Å². The van der Waals surface area contributed by atoms with Crippen LogP contribution in [0.15, 0.2) is 11.6 Å². The molecule has 3 N–H and O–H groups in total. The highest BCUT2D eigenvalue weighted by molar-refractivity contribution is 5.36. The molecule has 2 aliphatic carbocycles. The first kappa shape index (κ1) is 14.0. The van der Waals surface area contributed by atoms with Gasteiger partial charge in [0.1, 0.15) is 0 Å². The molecule has 4 atom stereocenters. The van der Waals surface area contributed by atoms with Gasteiger partial charge in [-0.2, -0.15) is 0 Å². The lowest BCUT2D eigenvalue weighted by Crippen LogP contribution is -2.39. The average molecular weight is 254 g/mol. The topological polar surface area (TPSA) is 60.7 Å². The molecule has 2 aliphatic rings. The Hall–Kier alpha value is -0.380. The van der Waals surface area contributed by atoms with Crippen LogP contribution in [0.1, 0.15) is 53.4 Å². The van der Waals surface area contributed by atoms with Crippen LogP contribution in [0, 0.1) is 11.8 Å². The standard InChI is InChI=1S/C15H26O3/c1-10(2)14(17)6-5-11(3)15(18)8-7-13(4,16)12(15)9-14/h9-11,16-18H,5-8H2,1-4H3/t11-,13+,14-,15+/m1/s1. The van der Waals surface area contributed by atoms with E-state index < -0.39 is 16.8 Å². The second-order valence-corrected chi connectivity index (χ2v) is 6.84. The van der Waals surface area contributed by atoms with Gasteiger partial charge in [0.15, 0.2) is 0 Å². The minimum Gasteiger partial charge on any atom is -0.386 e. The Labute approximate surface area is 110 Å². The Morgan fingerprint density at radius 1 is 1.17 bits per heavy atom. The highest BCUT2D eigenvalue weighted by Gasteiger charge is 2.54. The molecule has 0 amide bonds. The van der Waals surface area contributed by atoms with E-state index in [1.165, 1.54) is 0 Å². The lowest BCUT2D eigenvalue weighted by molar-refractivity contribution is 0.0121. The van der Waals surface area contributed by atoms with Gasteiger partial charge in [0.2, 0.25) is 0 Å². The monoisotopic (exact) mass is 254 g/mol. The van der Waals surface area contributed by atoms with Crippen LogP contribution in [-0.4, -0.2) is 32.1 Å². The molecule has 0 aliphatic heterocycles. The average Bonchev–Trinajstić information content (AvgIpc) is 2.43. The lowest BCUT2D eigenvalue weighted by atomic mass is 9.81. The summed E-state index contributed by atoms with van der Waals surface area (Å²) in [6.45, 7) is 7.72. The molecular formula is C15H26O3. The maximum atomic E-state index is 10.9. The third-order valence-corrected chi connectivity index (χ3v) is 5.23. The number of fused-ring (bicyclic) bond motifs is 1. The summed E-state index contributed by atoms with van der Waals surface area (Å²) in [7, 11) is 0. The van der Waals surface area contributed by atoms with Crippen LogP contribution in [-0.2, 0) is 0 Å². The van der Waals surface area contributed by atoms with Gasteiger partial charge in [-0.05, 0) is 56.1 Å². The van der Waals surface area contributed by atoms with Crippen LogP contribution in [0.3, 0.4) is 0 Å². The molecule has 18 heavy (non-hydrogen) atoms. The van der Waals surface area contributed by atoms with Crippen LogP contribution >= 0.6 is 0 Å². The van der Waals surface area contributed by atoms with Crippen molar-refractivity contribution < 1.29 is 15.3 Å². The molecule has 3 nitrogen and oxygen atoms in total. The van der Waals surface area contributed by atoms with Crippen molar-refractivity contribution in [2.45, 2.75) is 70.2 Å². The highest BCUT2D eigenvalue weighted by atomic mass is 16.3. The van der Waals surface area contributed by atoms with Crippen molar-refractivity contribution in [3.05, 3.63) is 11.6 Å². The van der Waals surface area contributed by atoms with Gasteiger partial charge in [0, 0.05) is 0 Å². The quantitative estimate of drug-likeness (QED) is 0.627. The van der Waals surface area contributed by atoms with Crippen molar-refractivity contribution in [3.63, 3.8) is 0 Å². The van der Waals surface area contributed by atoms with Crippen LogP contribution < -0.4 is 0 Å². The van der Waals surface area contributed by atoms with E-state index in [1.54, 1.807) is 13.0 Å². The minimum absolute atomic E-state index is 0.0745. The fourth-order valence-corrected chi connectivity index (χ4v) is 3.43. The summed E-state index contributed by atoms with van der Waals surface area (Å²) in [4.78, 5) is 0. The van der Waals surface area contributed by atoms with Gasteiger partial charge in [0.25, 0.3) is 0 Å². The van der Waals surface area contributed by atoms with E-state index in [9.17, 15) is 15.3 Å². The van der Waals surface area contributed by atoms with Crippen molar-refractivity contribution in [1.82, 2.24) is 0 Å². The Kier molecular flexibility index (Phi) is 3.16. The van der Waals surface area contributed by atoms with Gasteiger partial charge in [-0.3, -0.25) is 0 Å². The fraction of sp³-hybridized carbons (Fsp3) is 0.867. The van der Waals surface area contributed by atoms with Gasteiger partial charge in [-0.25, -0.2) is 0 Å². The molecule has 0 aromatic rings. The number of rotatable bonds is 1. The molecule has 0 spiro atoms. The summed E-state index contributed by atoms with van der Waals surface area (Å²) in [6, 6.07) is 0. The normalized spacial score (nSPS) is 48.9. The van der Waals surface area contributed by atoms with E-state index in [2.05, 4.69) is 0 Å². The van der Waals surface area contributed by atoms with Crippen molar-refractivity contribution in [2.75, 3.05) is 0 Å². The summed E-state index contributed by atoms with van der Waals surface area (Å²) in [6.07, 6.45) is 4.33. The van der Waals surface area contributed by atoms with Gasteiger partial charge in [0.05, 0.1) is 16.8 Å². The molecule has 0 heterocycles. The lowest BCUT2D eigenvalue weighted by Gasteiger charge is -2.33. The van der Waals surface area contributed by atoms with Gasteiger partial charge in [-0.15, -0.1) is 0 Å². The zero-order valence-corrected chi connectivity index (χ0v) is 11.9. The van der Waals surface area contributed by atoms with Gasteiger partial charge >= 0.3 is 0 Å². The largest absolute Gasteiger partial charge is 0.386 e.